The average molecular weight is 398 g/mol. The van der Waals surface area contributed by atoms with E-state index < -0.39 is 12.1 Å². The highest BCUT2D eigenvalue weighted by atomic mass is 32.1. The van der Waals surface area contributed by atoms with Crippen molar-refractivity contribution in [1.29, 1.82) is 0 Å². The summed E-state index contributed by atoms with van der Waals surface area (Å²) >= 11 is 1.31. The number of carbonyl (C=O) groups is 2. The van der Waals surface area contributed by atoms with Gasteiger partial charge in [0.15, 0.2) is 0 Å². The lowest BCUT2D eigenvalue weighted by atomic mass is 10.1. The van der Waals surface area contributed by atoms with Crippen LogP contribution in [-0.2, 0) is 11.2 Å². The zero-order valence-corrected chi connectivity index (χ0v) is 15.7. The maximum absolute atomic E-state index is 12.7. The Morgan fingerprint density at radius 1 is 1.25 bits per heavy atom. The van der Waals surface area contributed by atoms with Gasteiger partial charge in [-0.25, -0.2) is 0 Å². The van der Waals surface area contributed by atoms with Gasteiger partial charge in [0.25, 0.3) is 5.91 Å². The van der Waals surface area contributed by atoms with Gasteiger partial charge >= 0.3 is 5.97 Å². The lowest BCUT2D eigenvalue weighted by Gasteiger charge is -2.13. The average Bonchev–Trinajstić information content (AvgIpc) is 3.29. The Labute approximate surface area is 164 Å². The number of carboxylic acid groups (broad SMARTS) is 1. The maximum atomic E-state index is 12.7. The number of amides is 1. The predicted molar refractivity (Wildman–Crippen MR) is 104 cm³/mol. The molecule has 1 aliphatic rings. The zero-order chi connectivity index (χ0) is 19.7. The fourth-order valence-electron chi connectivity index (χ4n) is 3.16. The molecule has 3 heterocycles. The summed E-state index contributed by atoms with van der Waals surface area (Å²) in [6.45, 7) is 0.903. The fourth-order valence-corrected chi connectivity index (χ4v) is 4.19. The van der Waals surface area contributed by atoms with Gasteiger partial charge in [-0.15, -0.1) is 11.3 Å². The van der Waals surface area contributed by atoms with Crippen LogP contribution in [0.5, 0.6) is 11.5 Å². The van der Waals surface area contributed by atoms with Gasteiger partial charge in [-0.3, -0.25) is 14.6 Å². The molecule has 0 aliphatic carbocycles. The first-order valence-corrected chi connectivity index (χ1v) is 9.66. The van der Waals surface area contributed by atoms with Crippen molar-refractivity contribution in [3.63, 3.8) is 0 Å². The summed E-state index contributed by atoms with van der Waals surface area (Å²) in [6.07, 6.45) is 1.72. The summed E-state index contributed by atoms with van der Waals surface area (Å²) in [5.41, 5.74) is 1.37. The number of likely N-dealkylation sites (tertiary alicyclic amines) is 1. The maximum Gasteiger partial charge on any atom is 0.307 e. The Bertz CT molecular complexity index is 1030. The molecule has 0 unspecified atom stereocenters. The highest BCUT2D eigenvalue weighted by molar-refractivity contribution is 7.21. The Morgan fingerprint density at radius 2 is 2.04 bits per heavy atom. The second-order valence-electron chi connectivity index (χ2n) is 6.64. The molecule has 0 bridgehead atoms. The number of rotatable bonds is 5. The fraction of sp³-hybridized carbons (Fsp3) is 0.250. The van der Waals surface area contributed by atoms with Crippen molar-refractivity contribution in [2.45, 2.75) is 18.9 Å². The van der Waals surface area contributed by atoms with E-state index in [2.05, 4.69) is 4.98 Å². The molecule has 2 aromatic heterocycles. The van der Waals surface area contributed by atoms with Crippen LogP contribution >= 0.6 is 11.3 Å². The number of thiophene rings is 1. The summed E-state index contributed by atoms with van der Waals surface area (Å²) in [5, 5.41) is 18.5. The van der Waals surface area contributed by atoms with Crippen LogP contribution in [0.4, 0.5) is 0 Å². The number of β-amino-alcohol motifs (C(OH)–C–C–N with tert-alkyl or cyclic N) is 1. The standard InChI is InChI=1S/C20H18N2O5S/c23-13-6-8-22(11-13)20(26)17-10-15-19(28-17)16(5-7-21-15)27-14-3-1-12(2-4-14)9-18(24)25/h1-5,7,10,13,23H,6,8-9,11H2,(H,24,25)/t13-/m1/s1. The van der Waals surface area contributed by atoms with Crippen molar-refractivity contribution in [3.05, 3.63) is 53.0 Å². The first-order chi connectivity index (χ1) is 13.5. The van der Waals surface area contributed by atoms with Crippen molar-refractivity contribution in [1.82, 2.24) is 9.88 Å². The lowest BCUT2D eigenvalue weighted by Crippen LogP contribution is -2.28. The largest absolute Gasteiger partial charge is 0.481 e. The molecular weight excluding hydrogens is 380 g/mol. The molecule has 1 amide bonds. The molecule has 1 saturated heterocycles. The SMILES string of the molecule is O=C(O)Cc1ccc(Oc2ccnc3cc(C(=O)N4CC[C@@H](O)C4)sc23)cc1. The highest BCUT2D eigenvalue weighted by Crippen LogP contribution is 2.35. The normalized spacial score (nSPS) is 16.5. The molecule has 0 spiro atoms. The van der Waals surface area contributed by atoms with E-state index in [9.17, 15) is 14.7 Å². The summed E-state index contributed by atoms with van der Waals surface area (Å²) in [7, 11) is 0. The molecule has 2 N–H and O–H groups in total. The van der Waals surface area contributed by atoms with Crippen molar-refractivity contribution in [2.24, 2.45) is 0 Å². The van der Waals surface area contributed by atoms with E-state index >= 15 is 0 Å². The second kappa shape index (κ2) is 7.57. The summed E-state index contributed by atoms with van der Waals surface area (Å²) < 4.78 is 6.71. The number of hydrogen-bond acceptors (Lipinski definition) is 6. The summed E-state index contributed by atoms with van der Waals surface area (Å²) in [4.78, 5) is 30.0. The van der Waals surface area contributed by atoms with Gasteiger partial charge in [0, 0.05) is 25.4 Å². The van der Waals surface area contributed by atoms with Gasteiger partial charge in [-0.05, 0) is 30.2 Å². The number of carboxylic acids is 1. The van der Waals surface area contributed by atoms with Gasteiger partial charge in [0.1, 0.15) is 11.5 Å². The molecule has 1 fully saturated rings. The number of fused-ring (bicyclic) bond motifs is 1. The third kappa shape index (κ3) is 3.83. The van der Waals surface area contributed by atoms with Crippen LogP contribution in [0.15, 0.2) is 42.6 Å². The second-order valence-corrected chi connectivity index (χ2v) is 7.70. The minimum Gasteiger partial charge on any atom is -0.481 e. The van der Waals surface area contributed by atoms with Crippen LogP contribution in [0.2, 0.25) is 0 Å². The molecule has 4 rings (SSSR count). The van der Waals surface area contributed by atoms with E-state index in [0.29, 0.717) is 47.0 Å². The van der Waals surface area contributed by atoms with E-state index in [0.717, 1.165) is 4.70 Å². The first-order valence-electron chi connectivity index (χ1n) is 8.84. The lowest BCUT2D eigenvalue weighted by molar-refractivity contribution is -0.136. The van der Waals surface area contributed by atoms with Crippen LogP contribution in [0.1, 0.15) is 21.7 Å². The van der Waals surface area contributed by atoms with Crippen LogP contribution in [0.3, 0.4) is 0 Å². The Kier molecular flexibility index (Phi) is 4.97. The van der Waals surface area contributed by atoms with Gasteiger partial charge in [0.05, 0.1) is 27.6 Å². The molecule has 144 valence electrons. The third-order valence-corrected chi connectivity index (χ3v) is 5.67. The van der Waals surface area contributed by atoms with E-state index in [1.165, 1.54) is 11.3 Å². The zero-order valence-electron chi connectivity index (χ0n) is 14.9. The molecule has 0 saturated carbocycles. The Hall–Kier alpha value is -2.97. The Balaban J connectivity index is 1.57. The molecule has 8 heteroatoms. The first kappa shape index (κ1) is 18.4. The number of aliphatic hydroxyl groups is 1. The predicted octanol–water partition coefficient (Wildman–Crippen LogP) is 2.92. The number of aliphatic carboxylic acids is 1. The minimum absolute atomic E-state index is 0.0403. The number of aromatic nitrogens is 1. The van der Waals surface area contributed by atoms with E-state index in [1.54, 1.807) is 47.5 Å². The number of aliphatic hydroxyl groups excluding tert-OH is 1. The molecule has 1 aromatic carbocycles. The molecule has 0 radical (unpaired) electrons. The number of benzene rings is 1. The molecule has 3 aromatic rings. The summed E-state index contributed by atoms with van der Waals surface area (Å²) in [6, 6.07) is 10.3. The van der Waals surface area contributed by atoms with Crippen LogP contribution < -0.4 is 4.74 Å². The monoisotopic (exact) mass is 398 g/mol. The van der Waals surface area contributed by atoms with E-state index in [1.807, 2.05) is 0 Å². The van der Waals surface area contributed by atoms with Gasteiger partial charge in [0.2, 0.25) is 0 Å². The van der Waals surface area contributed by atoms with Gasteiger partial charge in [-0.1, -0.05) is 12.1 Å². The van der Waals surface area contributed by atoms with Crippen molar-refractivity contribution >= 4 is 33.4 Å². The molecular formula is C20H18N2O5S. The molecule has 1 atom stereocenters. The van der Waals surface area contributed by atoms with E-state index in [4.69, 9.17) is 9.84 Å². The van der Waals surface area contributed by atoms with Crippen LogP contribution in [0.25, 0.3) is 10.2 Å². The number of carbonyl (C=O) groups excluding carboxylic acids is 1. The topological polar surface area (TPSA) is 100.0 Å². The van der Waals surface area contributed by atoms with E-state index in [-0.39, 0.29) is 12.3 Å². The smallest absolute Gasteiger partial charge is 0.307 e. The highest BCUT2D eigenvalue weighted by Gasteiger charge is 2.27. The van der Waals surface area contributed by atoms with Gasteiger partial charge < -0.3 is 19.8 Å². The quantitative estimate of drug-likeness (QED) is 0.685. The molecule has 28 heavy (non-hydrogen) atoms. The number of pyridine rings is 1. The minimum atomic E-state index is -0.884. The van der Waals surface area contributed by atoms with Crippen molar-refractivity contribution < 1.29 is 24.5 Å². The van der Waals surface area contributed by atoms with Crippen LogP contribution in [-0.4, -0.2) is 51.2 Å². The third-order valence-electron chi connectivity index (χ3n) is 4.54. The Morgan fingerprint density at radius 3 is 2.71 bits per heavy atom. The number of ether oxygens (including phenoxy) is 1. The van der Waals surface area contributed by atoms with Crippen LogP contribution in [0, 0.1) is 0 Å². The van der Waals surface area contributed by atoms with Crippen molar-refractivity contribution in [3.8, 4) is 11.5 Å². The molecule has 1 aliphatic heterocycles. The summed E-state index contributed by atoms with van der Waals surface area (Å²) in [5.74, 6) is 0.168. The van der Waals surface area contributed by atoms with Gasteiger partial charge in [-0.2, -0.15) is 0 Å². The van der Waals surface area contributed by atoms with Crippen molar-refractivity contribution in [2.75, 3.05) is 13.1 Å². The number of hydrogen-bond donors (Lipinski definition) is 2. The molecule has 7 nitrogen and oxygen atoms in total. The number of nitrogens with zero attached hydrogens (tertiary/aromatic N) is 2.